The lowest BCUT2D eigenvalue weighted by atomic mass is 10.5. The first kappa shape index (κ1) is 5.75. The Morgan fingerprint density at radius 3 is 2.11 bits per heavy atom. The zero-order valence-corrected chi connectivity index (χ0v) is 4.65. The average Bonchev–Trinajstić information content (AvgIpc) is 1.90. The lowest BCUT2D eigenvalue weighted by Gasteiger charge is -1.89. The SMILES string of the molecule is O=C([O-])[n+]1ccccc1. The molecule has 0 aromatic carbocycles. The highest BCUT2D eigenvalue weighted by Gasteiger charge is 1.95. The predicted octanol–water partition coefficient (Wildman–Crippen LogP) is -0.835. The molecule has 0 bridgehead atoms. The van der Waals surface area contributed by atoms with Crippen LogP contribution in [0.2, 0.25) is 0 Å². The fourth-order valence-electron chi connectivity index (χ4n) is 0.520. The van der Waals surface area contributed by atoms with Crippen LogP contribution in [0.15, 0.2) is 30.6 Å². The minimum absolute atomic E-state index is 0.972. The quantitative estimate of drug-likeness (QED) is 0.422. The van der Waals surface area contributed by atoms with Crippen LogP contribution in [0.3, 0.4) is 0 Å². The largest absolute Gasteiger partial charge is 0.490 e. The molecule has 0 atom stereocenters. The molecule has 1 rings (SSSR count). The minimum Gasteiger partial charge on any atom is -0.490 e. The molecule has 0 saturated carbocycles. The molecule has 0 fully saturated rings. The molecule has 3 heteroatoms. The number of rotatable bonds is 0. The molecule has 1 heterocycles. The van der Waals surface area contributed by atoms with Crippen LogP contribution in [-0.4, -0.2) is 6.09 Å². The van der Waals surface area contributed by atoms with E-state index in [1.54, 1.807) is 18.2 Å². The van der Waals surface area contributed by atoms with E-state index in [1.165, 1.54) is 12.4 Å². The molecule has 0 aliphatic heterocycles. The third kappa shape index (κ3) is 1.25. The fourth-order valence-corrected chi connectivity index (χ4v) is 0.520. The van der Waals surface area contributed by atoms with Gasteiger partial charge in [-0.25, -0.2) is 0 Å². The molecule has 0 radical (unpaired) electrons. The maximum absolute atomic E-state index is 10.1. The molecule has 9 heavy (non-hydrogen) atoms. The number of pyridine rings is 1. The molecule has 0 saturated heterocycles. The Balaban J connectivity index is 2.98. The van der Waals surface area contributed by atoms with Gasteiger partial charge in [0.25, 0.3) is 0 Å². The standard InChI is InChI=1S/C6H5NO2/c8-6(9)7-4-2-1-3-5-7/h1-5H. The van der Waals surface area contributed by atoms with Crippen molar-refractivity contribution in [3.05, 3.63) is 30.6 Å². The van der Waals surface area contributed by atoms with Crippen molar-refractivity contribution < 1.29 is 14.5 Å². The molecule has 0 amide bonds. The first-order chi connectivity index (χ1) is 4.30. The van der Waals surface area contributed by atoms with Gasteiger partial charge in [0.15, 0.2) is 12.4 Å². The maximum atomic E-state index is 10.1. The summed E-state index contributed by atoms with van der Waals surface area (Å²) >= 11 is 0. The normalized spacial score (nSPS) is 8.89. The van der Waals surface area contributed by atoms with Crippen molar-refractivity contribution in [1.29, 1.82) is 0 Å². The fraction of sp³-hybridized carbons (Fsp3) is 0. The summed E-state index contributed by atoms with van der Waals surface area (Å²) in [4.78, 5) is 10.1. The molecule has 0 aliphatic carbocycles. The molecule has 0 unspecified atom stereocenters. The van der Waals surface area contributed by atoms with Crippen LogP contribution >= 0.6 is 0 Å². The van der Waals surface area contributed by atoms with Crippen LogP contribution in [0.25, 0.3) is 0 Å². The van der Waals surface area contributed by atoms with Gasteiger partial charge in [0.1, 0.15) is 0 Å². The molecule has 1 aromatic heterocycles. The van der Waals surface area contributed by atoms with Crippen LogP contribution < -0.4 is 9.67 Å². The van der Waals surface area contributed by atoms with E-state index in [2.05, 4.69) is 0 Å². The lowest BCUT2D eigenvalue weighted by molar-refractivity contribution is -0.630. The van der Waals surface area contributed by atoms with Gasteiger partial charge in [0.2, 0.25) is 0 Å². The second-order valence-electron chi connectivity index (χ2n) is 1.55. The van der Waals surface area contributed by atoms with Gasteiger partial charge in [-0.1, -0.05) is 6.07 Å². The number of carboxylic acid groups (broad SMARTS) is 1. The van der Waals surface area contributed by atoms with Crippen LogP contribution in [0.1, 0.15) is 0 Å². The Kier molecular flexibility index (Phi) is 1.44. The van der Waals surface area contributed by atoms with Gasteiger partial charge in [-0.2, -0.15) is 4.57 Å². The molecule has 0 aliphatic rings. The third-order valence-electron chi connectivity index (χ3n) is 0.926. The average molecular weight is 123 g/mol. The third-order valence-corrected chi connectivity index (χ3v) is 0.926. The van der Waals surface area contributed by atoms with Crippen molar-refractivity contribution in [3.8, 4) is 0 Å². The predicted molar refractivity (Wildman–Crippen MR) is 27.4 cm³/mol. The zero-order chi connectivity index (χ0) is 6.69. The Labute approximate surface area is 52.2 Å². The number of nitrogens with zero attached hydrogens (tertiary/aromatic N) is 1. The monoisotopic (exact) mass is 123 g/mol. The highest BCUT2D eigenvalue weighted by molar-refractivity contribution is 5.50. The first-order valence-electron chi connectivity index (χ1n) is 2.48. The summed E-state index contributed by atoms with van der Waals surface area (Å²) in [6.45, 7) is 0. The van der Waals surface area contributed by atoms with Gasteiger partial charge in [0.05, 0.1) is 0 Å². The summed E-state index contributed by atoms with van der Waals surface area (Å²) in [7, 11) is 0. The van der Waals surface area contributed by atoms with Gasteiger partial charge < -0.3 is 9.90 Å². The summed E-state index contributed by atoms with van der Waals surface area (Å²) in [6, 6.07) is 4.98. The van der Waals surface area contributed by atoms with Crippen molar-refractivity contribution in [2.24, 2.45) is 0 Å². The lowest BCUT2D eigenvalue weighted by Crippen LogP contribution is -2.51. The molecule has 3 nitrogen and oxygen atoms in total. The highest BCUT2D eigenvalue weighted by Crippen LogP contribution is 1.73. The van der Waals surface area contributed by atoms with Crippen molar-refractivity contribution in [2.75, 3.05) is 0 Å². The van der Waals surface area contributed by atoms with Gasteiger partial charge in [-0.05, 0) is 0 Å². The Morgan fingerprint density at radius 1 is 1.22 bits per heavy atom. The van der Waals surface area contributed by atoms with Gasteiger partial charge >= 0.3 is 6.09 Å². The molecular weight excluding hydrogens is 118 g/mol. The van der Waals surface area contributed by atoms with Crippen LogP contribution in [-0.2, 0) is 0 Å². The Hall–Kier alpha value is -1.38. The molecule has 0 spiro atoms. The molecular formula is C6H5NO2. The number of aromatic nitrogens is 1. The van der Waals surface area contributed by atoms with Gasteiger partial charge in [-0.3, -0.25) is 0 Å². The summed E-state index contributed by atoms with van der Waals surface area (Å²) in [5.74, 6) is 0. The summed E-state index contributed by atoms with van der Waals surface area (Å²) in [5.41, 5.74) is 0. The topological polar surface area (TPSA) is 44.0 Å². The van der Waals surface area contributed by atoms with Crippen molar-refractivity contribution >= 4 is 6.09 Å². The van der Waals surface area contributed by atoms with Gasteiger partial charge in [0, 0.05) is 12.1 Å². The van der Waals surface area contributed by atoms with Crippen LogP contribution in [0, 0.1) is 0 Å². The van der Waals surface area contributed by atoms with Crippen molar-refractivity contribution in [3.63, 3.8) is 0 Å². The number of carbonyl (C=O) groups excluding carboxylic acids is 1. The summed E-state index contributed by atoms with van der Waals surface area (Å²) in [6.07, 6.45) is 1.61. The van der Waals surface area contributed by atoms with E-state index in [-0.39, 0.29) is 0 Å². The van der Waals surface area contributed by atoms with E-state index in [9.17, 15) is 9.90 Å². The summed E-state index contributed by atoms with van der Waals surface area (Å²) in [5, 5.41) is 10.1. The second kappa shape index (κ2) is 2.26. The number of hydrogen-bond acceptors (Lipinski definition) is 2. The van der Waals surface area contributed by atoms with E-state index >= 15 is 0 Å². The summed E-state index contributed by atoms with van der Waals surface area (Å²) < 4.78 is 0.972. The van der Waals surface area contributed by atoms with Gasteiger partial charge in [-0.15, -0.1) is 0 Å². The minimum atomic E-state index is -1.21. The number of hydrogen-bond donors (Lipinski definition) is 0. The highest BCUT2D eigenvalue weighted by atomic mass is 16.4. The maximum Gasteiger partial charge on any atom is 0.343 e. The molecule has 0 N–H and O–H groups in total. The Morgan fingerprint density at radius 2 is 1.78 bits per heavy atom. The van der Waals surface area contributed by atoms with E-state index in [1.807, 2.05) is 0 Å². The van der Waals surface area contributed by atoms with E-state index in [0.29, 0.717) is 0 Å². The smallest absolute Gasteiger partial charge is 0.343 e. The van der Waals surface area contributed by atoms with Crippen molar-refractivity contribution in [1.82, 2.24) is 0 Å². The van der Waals surface area contributed by atoms with Crippen LogP contribution in [0.4, 0.5) is 4.79 Å². The Bertz CT molecular complexity index is 208. The van der Waals surface area contributed by atoms with E-state index < -0.39 is 6.09 Å². The van der Waals surface area contributed by atoms with E-state index in [0.717, 1.165) is 4.57 Å². The molecule has 1 aromatic rings. The zero-order valence-electron chi connectivity index (χ0n) is 4.65. The number of carbonyl (C=O) groups is 1. The first-order valence-corrected chi connectivity index (χ1v) is 2.48. The second-order valence-corrected chi connectivity index (χ2v) is 1.55. The molecule has 46 valence electrons. The van der Waals surface area contributed by atoms with Crippen LogP contribution in [0.5, 0.6) is 0 Å². The van der Waals surface area contributed by atoms with Crippen molar-refractivity contribution in [2.45, 2.75) is 0 Å². The van der Waals surface area contributed by atoms with E-state index in [4.69, 9.17) is 0 Å².